The second-order valence-electron chi connectivity index (χ2n) is 3.52. The van der Waals surface area contributed by atoms with E-state index in [1.54, 1.807) is 12.1 Å². The Labute approximate surface area is 77.4 Å². The molecule has 0 heterocycles. The topological polar surface area (TPSA) is 44.0 Å². The largest absolute Gasteiger partial charge is 0.508 e. The third-order valence-electron chi connectivity index (χ3n) is 2.60. The summed E-state index contributed by atoms with van der Waals surface area (Å²) in [6, 6.07) is 7.73. The van der Waals surface area contributed by atoms with E-state index in [0.29, 0.717) is 5.75 Å². The number of nitriles is 1. The molecule has 0 fully saturated rings. The molecule has 2 heteroatoms. The Hall–Kier alpha value is -1.49. The van der Waals surface area contributed by atoms with E-state index in [-0.39, 0.29) is 5.92 Å². The lowest BCUT2D eigenvalue weighted by Crippen LogP contribution is -2.12. The molecular formula is C11H11NO. The maximum atomic E-state index is 9.26. The molecule has 1 aliphatic rings. The number of nitrogens with zero attached hydrogens (tertiary/aromatic N) is 1. The SMILES string of the molecule is N#CC1CCc2ccc(O)cc2C1. The molecule has 1 N–H and O–H groups in total. The van der Waals surface area contributed by atoms with Gasteiger partial charge < -0.3 is 5.11 Å². The molecule has 0 bridgehead atoms. The van der Waals surface area contributed by atoms with Crippen LogP contribution in [0.15, 0.2) is 18.2 Å². The first-order valence-electron chi connectivity index (χ1n) is 4.50. The highest BCUT2D eigenvalue weighted by Crippen LogP contribution is 2.27. The minimum Gasteiger partial charge on any atom is -0.508 e. The van der Waals surface area contributed by atoms with Gasteiger partial charge in [-0.3, -0.25) is 0 Å². The van der Waals surface area contributed by atoms with E-state index in [4.69, 9.17) is 5.26 Å². The molecule has 0 spiro atoms. The molecule has 1 aromatic carbocycles. The number of phenolic OH excluding ortho intramolecular Hbond substituents is 1. The monoisotopic (exact) mass is 173 g/mol. The van der Waals surface area contributed by atoms with E-state index in [1.807, 2.05) is 6.07 Å². The van der Waals surface area contributed by atoms with Crippen LogP contribution in [-0.4, -0.2) is 5.11 Å². The molecule has 0 saturated heterocycles. The first-order chi connectivity index (χ1) is 6.29. The normalized spacial score (nSPS) is 20.4. The van der Waals surface area contributed by atoms with E-state index in [2.05, 4.69) is 6.07 Å². The number of aryl methyl sites for hydroxylation is 1. The fourth-order valence-electron chi connectivity index (χ4n) is 1.85. The minimum atomic E-state index is 0.134. The first-order valence-corrected chi connectivity index (χ1v) is 4.50. The molecule has 0 radical (unpaired) electrons. The van der Waals surface area contributed by atoms with Crippen LogP contribution in [0.4, 0.5) is 0 Å². The second kappa shape index (κ2) is 3.10. The fraction of sp³-hybridized carbons (Fsp3) is 0.364. The van der Waals surface area contributed by atoms with Crippen LogP contribution in [0.25, 0.3) is 0 Å². The summed E-state index contributed by atoms with van der Waals surface area (Å²) < 4.78 is 0. The van der Waals surface area contributed by atoms with Gasteiger partial charge in [0, 0.05) is 0 Å². The van der Waals surface area contributed by atoms with Gasteiger partial charge in [-0.15, -0.1) is 0 Å². The minimum absolute atomic E-state index is 0.134. The van der Waals surface area contributed by atoms with Gasteiger partial charge in [-0.1, -0.05) is 6.07 Å². The highest BCUT2D eigenvalue weighted by molar-refractivity contribution is 5.37. The molecule has 0 aliphatic heterocycles. The van der Waals surface area contributed by atoms with Gasteiger partial charge in [0.1, 0.15) is 5.75 Å². The Morgan fingerprint density at radius 2 is 2.23 bits per heavy atom. The number of benzene rings is 1. The predicted molar refractivity (Wildman–Crippen MR) is 49.2 cm³/mol. The maximum Gasteiger partial charge on any atom is 0.115 e. The Bertz CT molecular complexity index is 365. The van der Waals surface area contributed by atoms with Gasteiger partial charge in [0.15, 0.2) is 0 Å². The summed E-state index contributed by atoms with van der Waals surface area (Å²) in [4.78, 5) is 0. The standard InChI is InChI=1S/C11H11NO/c12-7-8-1-2-9-3-4-11(13)6-10(9)5-8/h3-4,6,8,13H,1-2,5H2. The Kier molecular flexibility index (Phi) is 1.94. The van der Waals surface area contributed by atoms with Crippen LogP contribution in [0, 0.1) is 17.2 Å². The van der Waals surface area contributed by atoms with Crippen LogP contribution in [0.1, 0.15) is 17.5 Å². The zero-order valence-corrected chi connectivity index (χ0v) is 7.33. The average molecular weight is 173 g/mol. The van der Waals surface area contributed by atoms with Crippen molar-refractivity contribution in [3.63, 3.8) is 0 Å². The maximum absolute atomic E-state index is 9.26. The van der Waals surface area contributed by atoms with Gasteiger partial charge in [0.25, 0.3) is 0 Å². The van der Waals surface area contributed by atoms with Crippen molar-refractivity contribution >= 4 is 0 Å². The molecule has 2 nitrogen and oxygen atoms in total. The molecule has 66 valence electrons. The Morgan fingerprint density at radius 3 is 3.00 bits per heavy atom. The summed E-state index contributed by atoms with van der Waals surface area (Å²) in [6.45, 7) is 0. The van der Waals surface area contributed by atoms with Crippen molar-refractivity contribution in [3.05, 3.63) is 29.3 Å². The van der Waals surface area contributed by atoms with Gasteiger partial charge in [-0.05, 0) is 42.5 Å². The molecule has 0 aromatic heterocycles. The highest BCUT2D eigenvalue weighted by atomic mass is 16.3. The zero-order valence-electron chi connectivity index (χ0n) is 7.33. The van der Waals surface area contributed by atoms with Crippen LogP contribution in [0.5, 0.6) is 5.75 Å². The number of rotatable bonds is 0. The molecule has 0 amide bonds. The molecular weight excluding hydrogens is 162 g/mol. The average Bonchev–Trinajstić information content (AvgIpc) is 2.16. The molecule has 1 aliphatic carbocycles. The van der Waals surface area contributed by atoms with E-state index >= 15 is 0 Å². The van der Waals surface area contributed by atoms with Crippen molar-refractivity contribution in [1.29, 1.82) is 5.26 Å². The lowest BCUT2D eigenvalue weighted by atomic mass is 9.85. The van der Waals surface area contributed by atoms with Gasteiger partial charge >= 0.3 is 0 Å². The van der Waals surface area contributed by atoms with Crippen LogP contribution in [0.3, 0.4) is 0 Å². The summed E-state index contributed by atoms with van der Waals surface area (Å²) in [5.74, 6) is 0.437. The van der Waals surface area contributed by atoms with Crippen LogP contribution in [0.2, 0.25) is 0 Å². The molecule has 1 aromatic rings. The molecule has 2 rings (SSSR count). The smallest absolute Gasteiger partial charge is 0.115 e. The number of aromatic hydroxyl groups is 1. The second-order valence-corrected chi connectivity index (χ2v) is 3.52. The van der Waals surface area contributed by atoms with Gasteiger partial charge in [0.2, 0.25) is 0 Å². The third kappa shape index (κ3) is 1.50. The van der Waals surface area contributed by atoms with Gasteiger partial charge in [-0.2, -0.15) is 5.26 Å². The van der Waals surface area contributed by atoms with Crippen molar-refractivity contribution in [2.45, 2.75) is 19.3 Å². The van der Waals surface area contributed by atoms with Gasteiger partial charge in [-0.25, -0.2) is 0 Å². The summed E-state index contributed by atoms with van der Waals surface area (Å²) in [6.07, 6.45) is 2.71. The van der Waals surface area contributed by atoms with Crippen molar-refractivity contribution in [1.82, 2.24) is 0 Å². The molecule has 13 heavy (non-hydrogen) atoms. The van der Waals surface area contributed by atoms with Crippen LogP contribution >= 0.6 is 0 Å². The van der Waals surface area contributed by atoms with Gasteiger partial charge in [0.05, 0.1) is 12.0 Å². The quantitative estimate of drug-likeness (QED) is 0.652. The summed E-state index contributed by atoms with van der Waals surface area (Å²) in [5, 5.41) is 18.0. The van der Waals surface area contributed by atoms with Crippen LogP contribution in [-0.2, 0) is 12.8 Å². The number of hydrogen-bond acceptors (Lipinski definition) is 2. The van der Waals surface area contributed by atoms with Crippen molar-refractivity contribution in [3.8, 4) is 11.8 Å². The zero-order chi connectivity index (χ0) is 9.26. The summed E-state index contributed by atoms with van der Waals surface area (Å²) in [5.41, 5.74) is 2.42. The van der Waals surface area contributed by atoms with E-state index in [9.17, 15) is 5.11 Å². The number of hydrogen-bond donors (Lipinski definition) is 1. The van der Waals surface area contributed by atoms with E-state index < -0.39 is 0 Å². The third-order valence-corrected chi connectivity index (χ3v) is 2.60. The molecule has 1 atom stereocenters. The number of phenols is 1. The first kappa shape index (κ1) is 8.12. The van der Waals surface area contributed by atoms with E-state index in [1.165, 1.54) is 5.56 Å². The summed E-state index contributed by atoms with van der Waals surface area (Å²) >= 11 is 0. The van der Waals surface area contributed by atoms with Crippen molar-refractivity contribution in [2.75, 3.05) is 0 Å². The number of fused-ring (bicyclic) bond motifs is 1. The predicted octanol–water partition coefficient (Wildman–Crippen LogP) is 2.02. The Morgan fingerprint density at radius 1 is 1.38 bits per heavy atom. The highest BCUT2D eigenvalue weighted by Gasteiger charge is 2.17. The lowest BCUT2D eigenvalue weighted by molar-refractivity contribution is 0.471. The van der Waals surface area contributed by atoms with Crippen molar-refractivity contribution in [2.24, 2.45) is 5.92 Å². The lowest BCUT2D eigenvalue weighted by Gasteiger charge is -2.19. The molecule has 0 saturated carbocycles. The van der Waals surface area contributed by atoms with Crippen molar-refractivity contribution < 1.29 is 5.11 Å². The Balaban J connectivity index is 2.34. The summed E-state index contributed by atoms with van der Waals surface area (Å²) in [7, 11) is 0. The van der Waals surface area contributed by atoms with E-state index in [0.717, 1.165) is 24.8 Å². The van der Waals surface area contributed by atoms with Crippen LogP contribution < -0.4 is 0 Å². The fourth-order valence-corrected chi connectivity index (χ4v) is 1.85. The molecule has 1 unspecified atom stereocenters.